The van der Waals surface area contributed by atoms with Crippen LogP contribution in [0.1, 0.15) is 18.2 Å². The van der Waals surface area contributed by atoms with Gasteiger partial charge < -0.3 is 13.8 Å². The van der Waals surface area contributed by atoms with Crippen molar-refractivity contribution in [3.8, 4) is 23.0 Å². The minimum Gasteiger partial charge on any atom is -0.463 e. The molecule has 0 spiro atoms. The number of nitrogens with zero attached hydrogens (tertiary/aromatic N) is 4. The molecule has 0 radical (unpaired) electrons. The zero-order valence-electron chi connectivity index (χ0n) is 14.8. The summed E-state index contributed by atoms with van der Waals surface area (Å²) in [5.74, 6) is -1.05. The quantitative estimate of drug-likeness (QED) is 0.565. The predicted octanol–water partition coefficient (Wildman–Crippen LogP) is 3.52. The summed E-state index contributed by atoms with van der Waals surface area (Å²) in [5, 5.41) is 10.9. The number of carbonyl (C=O) groups is 1. The average molecular weight is 397 g/mol. The smallest absolute Gasteiger partial charge is 0.275 e. The van der Waals surface area contributed by atoms with Gasteiger partial charge in [0, 0.05) is 31.0 Å². The number of anilines is 1. The molecule has 0 bridgehead atoms. The molecule has 146 valence electrons. The Labute approximate surface area is 162 Å². The minimum absolute atomic E-state index is 0.0271. The molecule has 4 aromatic rings. The van der Waals surface area contributed by atoms with E-state index in [0.717, 1.165) is 12.1 Å². The Morgan fingerprint density at radius 3 is 2.90 bits per heavy atom. The van der Waals surface area contributed by atoms with Crippen LogP contribution in [0, 0.1) is 11.6 Å². The number of rotatable bonds is 4. The third-order valence-corrected chi connectivity index (χ3v) is 4.71. The number of H-pyrrole nitrogens is 1. The highest BCUT2D eigenvalue weighted by Gasteiger charge is 2.36. The SMILES string of the molecule is O=C1CC(c2noc(-c3cc(-c4ccco4)n[nH]3)n2)CN1c1ccc(F)cc1F. The summed E-state index contributed by atoms with van der Waals surface area (Å²) < 4.78 is 37.8. The first-order chi connectivity index (χ1) is 14.1. The molecule has 0 aliphatic carbocycles. The second kappa shape index (κ2) is 6.66. The lowest BCUT2D eigenvalue weighted by molar-refractivity contribution is -0.117. The molecule has 1 aliphatic heterocycles. The molecule has 1 amide bonds. The molecule has 29 heavy (non-hydrogen) atoms. The molecule has 4 heterocycles. The highest BCUT2D eigenvalue weighted by Crippen LogP contribution is 2.33. The Morgan fingerprint density at radius 2 is 2.10 bits per heavy atom. The van der Waals surface area contributed by atoms with Crippen molar-refractivity contribution in [1.82, 2.24) is 20.3 Å². The molecule has 1 N–H and O–H groups in total. The van der Waals surface area contributed by atoms with Gasteiger partial charge in [0.15, 0.2) is 11.6 Å². The van der Waals surface area contributed by atoms with Gasteiger partial charge in [0.2, 0.25) is 5.91 Å². The molecule has 1 fully saturated rings. The van der Waals surface area contributed by atoms with Crippen LogP contribution in [0.4, 0.5) is 14.5 Å². The minimum atomic E-state index is -0.796. The Morgan fingerprint density at radius 1 is 1.21 bits per heavy atom. The Kier molecular flexibility index (Phi) is 3.97. The van der Waals surface area contributed by atoms with E-state index in [1.807, 2.05) is 0 Å². The number of furan rings is 1. The maximum Gasteiger partial charge on any atom is 0.275 e. The maximum absolute atomic E-state index is 14.0. The van der Waals surface area contributed by atoms with Crippen LogP contribution in [-0.4, -0.2) is 32.8 Å². The predicted molar refractivity (Wildman–Crippen MR) is 95.7 cm³/mol. The van der Waals surface area contributed by atoms with Crippen LogP contribution in [0.15, 0.2) is 51.6 Å². The number of amides is 1. The molecule has 0 saturated carbocycles. The van der Waals surface area contributed by atoms with Gasteiger partial charge in [-0.15, -0.1) is 0 Å². The Balaban J connectivity index is 1.36. The third kappa shape index (κ3) is 3.08. The lowest BCUT2D eigenvalue weighted by Crippen LogP contribution is -2.25. The highest BCUT2D eigenvalue weighted by molar-refractivity contribution is 5.96. The summed E-state index contributed by atoms with van der Waals surface area (Å²) in [4.78, 5) is 18.0. The number of benzene rings is 1. The highest BCUT2D eigenvalue weighted by atomic mass is 19.1. The first-order valence-corrected chi connectivity index (χ1v) is 8.77. The lowest BCUT2D eigenvalue weighted by Gasteiger charge is -2.16. The standard InChI is InChI=1S/C19H13F2N5O3/c20-11-3-4-15(12(21)7-11)26-9-10(6-17(26)27)18-22-19(29-25-18)14-8-13(23-24-14)16-2-1-5-28-16/h1-5,7-8,10H,6,9H2,(H,23,24). The van der Waals surface area contributed by atoms with Crippen molar-refractivity contribution < 1.29 is 22.5 Å². The first kappa shape index (κ1) is 17.3. The van der Waals surface area contributed by atoms with E-state index in [2.05, 4.69) is 20.3 Å². The fourth-order valence-corrected chi connectivity index (χ4v) is 3.31. The van der Waals surface area contributed by atoms with E-state index in [-0.39, 0.29) is 36.4 Å². The van der Waals surface area contributed by atoms with Crippen molar-refractivity contribution in [3.63, 3.8) is 0 Å². The van der Waals surface area contributed by atoms with E-state index >= 15 is 0 Å². The van der Waals surface area contributed by atoms with Crippen molar-refractivity contribution in [1.29, 1.82) is 0 Å². The Hall–Kier alpha value is -3.82. The number of hydrogen-bond acceptors (Lipinski definition) is 6. The van der Waals surface area contributed by atoms with Gasteiger partial charge in [0.25, 0.3) is 5.89 Å². The molecule has 8 nitrogen and oxygen atoms in total. The normalized spacial score (nSPS) is 16.7. The van der Waals surface area contributed by atoms with Crippen LogP contribution < -0.4 is 4.90 Å². The molecular weight excluding hydrogens is 384 g/mol. The topological polar surface area (TPSA) is 101 Å². The zero-order chi connectivity index (χ0) is 20.0. The van der Waals surface area contributed by atoms with Crippen LogP contribution in [0.3, 0.4) is 0 Å². The molecule has 1 atom stereocenters. The first-order valence-electron chi connectivity index (χ1n) is 8.77. The van der Waals surface area contributed by atoms with E-state index in [0.29, 0.717) is 23.0 Å². The number of hydrogen-bond donors (Lipinski definition) is 1. The third-order valence-electron chi connectivity index (χ3n) is 4.71. The molecule has 1 saturated heterocycles. The fraction of sp³-hybridized carbons (Fsp3) is 0.158. The van der Waals surface area contributed by atoms with E-state index in [1.54, 1.807) is 24.5 Å². The van der Waals surface area contributed by atoms with Crippen molar-refractivity contribution in [3.05, 3.63) is 60.1 Å². The van der Waals surface area contributed by atoms with Gasteiger partial charge in [-0.05, 0) is 24.3 Å². The summed E-state index contributed by atoms with van der Waals surface area (Å²) in [6, 6.07) is 8.33. The van der Waals surface area contributed by atoms with Crippen LogP contribution >= 0.6 is 0 Å². The van der Waals surface area contributed by atoms with Crippen LogP contribution in [0.2, 0.25) is 0 Å². The molecule has 5 rings (SSSR count). The Bertz CT molecular complexity index is 1180. The van der Waals surface area contributed by atoms with Crippen LogP contribution in [0.5, 0.6) is 0 Å². The van der Waals surface area contributed by atoms with Crippen molar-refractivity contribution in [2.24, 2.45) is 0 Å². The van der Waals surface area contributed by atoms with Crippen molar-refractivity contribution in [2.75, 3.05) is 11.4 Å². The van der Waals surface area contributed by atoms with Gasteiger partial charge >= 0.3 is 0 Å². The van der Waals surface area contributed by atoms with Crippen molar-refractivity contribution in [2.45, 2.75) is 12.3 Å². The van der Waals surface area contributed by atoms with E-state index in [9.17, 15) is 13.6 Å². The number of halogens is 2. The number of aromatic amines is 1. The number of aromatic nitrogens is 4. The monoisotopic (exact) mass is 397 g/mol. The average Bonchev–Trinajstić information content (AvgIpc) is 3.47. The number of nitrogens with one attached hydrogen (secondary N) is 1. The molecule has 3 aromatic heterocycles. The van der Waals surface area contributed by atoms with Crippen molar-refractivity contribution >= 4 is 11.6 Å². The summed E-state index contributed by atoms with van der Waals surface area (Å²) in [6.07, 6.45) is 1.64. The molecular formula is C19H13F2N5O3. The van der Waals surface area contributed by atoms with E-state index < -0.39 is 11.6 Å². The summed E-state index contributed by atoms with van der Waals surface area (Å²) in [5.41, 5.74) is 1.11. The molecule has 1 unspecified atom stereocenters. The summed E-state index contributed by atoms with van der Waals surface area (Å²) in [6.45, 7) is 0.168. The van der Waals surface area contributed by atoms with Gasteiger partial charge in [0.05, 0.1) is 12.0 Å². The van der Waals surface area contributed by atoms with E-state index in [4.69, 9.17) is 8.94 Å². The largest absolute Gasteiger partial charge is 0.463 e. The second-order valence-electron chi connectivity index (χ2n) is 6.60. The van der Waals surface area contributed by atoms with Gasteiger partial charge in [-0.2, -0.15) is 10.1 Å². The zero-order valence-corrected chi connectivity index (χ0v) is 14.8. The van der Waals surface area contributed by atoms with Gasteiger partial charge in [0.1, 0.15) is 23.0 Å². The molecule has 1 aliphatic rings. The summed E-state index contributed by atoms with van der Waals surface area (Å²) in [7, 11) is 0. The van der Waals surface area contributed by atoms with Gasteiger partial charge in [-0.25, -0.2) is 8.78 Å². The van der Waals surface area contributed by atoms with Crippen LogP contribution in [-0.2, 0) is 4.79 Å². The molecule has 10 heteroatoms. The summed E-state index contributed by atoms with van der Waals surface area (Å²) >= 11 is 0. The second-order valence-corrected chi connectivity index (χ2v) is 6.60. The maximum atomic E-state index is 14.0. The van der Waals surface area contributed by atoms with Gasteiger partial charge in [-0.3, -0.25) is 9.89 Å². The lowest BCUT2D eigenvalue weighted by atomic mass is 10.1. The van der Waals surface area contributed by atoms with E-state index in [1.165, 1.54) is 11.0 Å². The molecule has 1 aromatic carbocycles. The fourth-order valence-electron chi connectivity index (χ4n) is 3.31. The van der Waals surface area contributed by atoms with Crippen LogP contribution in [0.25, 0.3) is 23.0 Å². The number of carbonyl (C=O) groups excluding carboxylic acids is 1. The van der Waals surface area contributed by atoms with Gasteiger partial charge in [-0.1, -0.05) is 5.16 Å².